The van der Waals surface area contributed by atoms with Crippen molar-refractivity contribution in [3.8, 4) is 0 Å². The van der Waals surface area contributed by atoms with Gasteiger partial charge in [-0.3, -0.25) is 0 Å². The third-order valence-electron chi connectivity index (χ3n) is 3.35. The highest BCUT2D eigenvalue weighted by Gasteiger charge is 2.42. The van der Waals surface area contributed by atoms with E-state index in [1.165, 1.54) is 25.8 Å². The summed E-state index contributed by atoms with van der Waals surface area (Å²) >= 11 is 0. The number of likely N-dealkylation sites (tertiary alicyclic amines) is 1. The van der Waals surface area contributed by atoms with E-state index < -0.39 is 0 Å². The first-order valence-corrected chi connectivity index (χ1v) is 4.56. The van der Waals surface area contributed by atoms with E-state index in [0.717, 1.165) is 12.0 Å². The first-order valence-electron chi connectivity index (χ1n) is 4.56. The fourth-order valence-electron chi connectivity index (χ4n) is 2.76. The van der Waals surface area contributed by atoms with Crippen LogP contribution in [0.1, 0.15) is 19.3 Å². The number of ether oxygens (including phenoxy) is 1. The van der Waals surface area contributed by atoms with Crippen molar-refractivity contribution in [3.63, 3.8) is 0 Å². The Labute approximate surface area is 68.5 Å². The summed E-state index contributed by atoms with van der Waals surface area (Å²) < 4.78 is 5.45. The second kappa shape index (κ2) is 2.76. The Morgan fingerprint density at radius 1 is 1.27 bits per heavy atom. The number of hydrogen-bond acceptors (Lipinski definition) is 2. The average molecular weight is 155 g/mol. The topological polar surface area (TPSA) is 12.5 Å². The van der Waals surface area contributed by atoms with Crippen LogP contribution in [0.3, 0.4) is 0 Å². The molecule has 1 aliphatic carbocycles. The standard InChI is InChI=1S/C9H17NO/c1-10-6-5-7-3-4-8(11-2)9(7)10/h7-9H,3-6H2,1-2H3. The predicted octanol–water partition coefficient (Wildman–Crippen LogP) is 1.12. The quantitative estimate of drug-likeness (QED) is 0.562. The molecule has 11 heavy (non-hydrogen) atoms. The lowest BCUT2D eigenvalue weighted by Gasteiger charge is -2.24. The van der Waals surface area contributed by atoms with E-state index in [1.807, 2.05) is 7.11 Å². The second-order valence-electron chi connectivity index (χ2n) is 3.87. The molecule has 0 aromatic heterocycles. The minimum Gasteiger partial charge on any atom is -0.380 e. The summed E-state index contributed by atoms with van der Waals surface area (Å²) in [5, 5.41) is 0. The second-order valence-corrected chi connectivity index (χ2v) is 3.87. The smallest absolute Gasteiger partial charge is 0.0729 e. The SMILES string of the molecule is COC1CCC2CCN(C)C21. The molecular weight excluding hydrogens is 138 g/mol. The van der Waals surface area contributed by atoms with Crippen molar-refractivity contribution >= 4 is 0 Å². The molecule has 2 aliphatic rings. The molecule has 2 nitrogen and oxygen atoms in total. The summed E-state index contributed by atoms with van der Waals surface area (Å²) in [6.07, 6.45) is 4.57. The van der Waals surface area contributed by atoms with Crippen LogP contribution in [0.2, 0.25) is 0 Å². The van der Waals surface area contributed by atoms with Gasteiger partial charge in [-0.1, -0.05) is 0 Å². The zero-order valence-electron chi connectivity index (χ0n) is 7.42. The number of nitrogens with zero attached hydrogens (tertiary/aromatic N) is 1. The van der Waals surface area contributed by atoms with Crippen molar-refractivity contribution in [3.05, 3.63) is 0 Å². The zero-order chi connectivity index (χ0) is 7.84. The first-order chi connectivity index (χ1) is 5.33. The maximum absolute atomic E-state index is 5.45. The summed E-state index contributed by atoms with van der Waals surface area (Å²) in [5.41, 5.74) is 0. The zero-order valence-corrected chi connectivity index (χ0v) is 7.42. The predicted molar refractivity (Wildman–Crippen MR) is 44.6 cm³/mol. The Kier molecular flexibility index (Phi) is 1.90. The molecule has 0 bridgehead atoms. The highest BCUT2D eigenvalue weighted by molar-refractivity contribution is 4.96. The third-order valence-corrected chi connectivity index (χ3v) is 3.35. The van der Waals surface area contributed by atoms with E-state index >= 15 is 0 Å². The van der Waals surface area contributed by atoms with Gasteiger partial charge in [-0.05, 0) is 38.8 Å². The fourth-order valence-corrected chi connectivity index (χ4v) is 2.76. The van der Waals surface area contributed by atoms with Crippen molar-refractivity contribution < 1.29 is 4.74 Å². The summed E-state index contributed by atoms with van der Waals surface area (Å²) in [5.74, 6) is 0.935. The normalized spacial score (nSPS) is 44.7. The van der Waals surface area contributed by atoms with Crippen LogP contribution in [0.5, 0.6) is 0 Å². The van der Waals surface area contributed by atoms with Gasteiger partial charge in [0, 0.05) is 13.2 Å². The van der Waals surface area contributed by atoms with E-state index in [-0.39, 0.29) is 0 Å². The maximum Gasteiger partial charge on any atom is 0.0729 e. The highest BCUT2D eigenvalue weighted by atomic mass is 16.5. The summed E-state index contributed by atoms with van der Waals surface area (Å²) in [6.45, 7) is 1.27. The molecule has 0 amide bonds. The molecular formula is C9H17NO. The summed E-state index contributed by atoms with van der Waals surface area (Å²) in [4.78, 5) is 2.46. The molecule has 0 radical (unpaired) electrons. The number of likely N-dealkylation sites (N-methyl/N-ethyl adjacent to an activating group) is 1. The maximum atomic E-state index is 5.45. The van der Waals surface area contributed by atoms with Gasteiger partial charge in [-0.15, -0.1) is 0 Å². The lowest BCUT2D eigenvalue weighted by molar-refractivity contribution is 0.0509. The lowest BCUT2D eigenvalue weighted by atomic mass is 10.0. The number of hydrogen-bond donors (Lipinski definition) is 0. The monoisotopic (exact) mass is 155 g/mol. The minimum absolute atomic E-state index is 0.521. The number of methoxy groups -OCH3 is 1. The van der Waals surface area contributed by atoms with Crippen molar-refractivity contribution in [2.24, 2.45) is 5.92 Å². The van der Waals surface area contributed by atoms with E-state index in [9.17, 15) is 0 Å². The molecule has 1 aliphatic heterocycles. The van der Waals surface area contributed by atoms with Crippen LogP contribution < -0.4 is 0 Å². The van der Waals surface area contributed by atoms with Crippen LogP contribution in [0, 0.1) is 5.92 Å². The first kappa shape index (κ1) is 7.56. The van der Waals surface area contributed by atoms with E-state index in [2.05, 4.69) is 11.9 Å². The van der Waals surface area contributed by atoms with Gasteiger partial charge in [-0.2, -0.15) is 0 Å². The third kappa shape index (κ3) is 1.09. The van der Waals surface area contributed by atoms with Gasteiger partial charge >= 0.3 is 0 Å². The average Bonchev–Trinajstić information content (AvgIpc) is 2.54. The minimum atomic E-state index is 0.521. The number of rotatable bonds is 1. The van der Waals surface area contributed by atoms with E-state index in [4.69, 9.17) is 4.74 Å². The molecule has 0 spiro atoms. The lowest BCUT2D eigenvalue weighted by Crippen LogP contribution is -2.36. The molecule has 0 aromatic carbocycles. The highest BCUT2D eigenvalue weighted by Crippen LogP contribution is 2.38. The molecule has 2 fully saturated rings. The molecule has 2 rings (SSSR count). The molecule has 1 heterocycles. The van der Waals surface area contributed by atoms with Crippen LogP contribution in [0.4, 0.5) is 0 Å². The van der Waals surface area contributed by atoms with Gasteiger partial charge in [-0.25, -0.2) is 0 Å². The summed E-state index contributed by atoms with van der Waals surface area (Å²) in [6, 6.07) is 0.736. The van der Waals surface area contributed by atoms with Crippen LogP contribution >= 0.6 is 0 Å². The Bertz CT molecular complexity index is 148. The Morgan fingerprint density at radius 3 is 2.82 bits per heavy atom. The fraction of sp³-hybridized carbons (Fsp3) is 1.00. The van der Waals surface area contributed by atoms with Crippen molar-refractivity contribution in [2.75, 3.05) is 20.7 Å². The Balaban J connectivity index is 2.07. The molecule has 0 aromatic rings. The van der Waals surface area contributed by atoms with Crippen molar-refractivity contribution in [1.82, 2.24) is 4.90 Å². The largest absolute Gasteiger partial charge is 0.380 e. The van der Waals surface area contributed by atoms with Gasteiger partial charge in [0.05, 0.1) is 6.10 Å². The van der Waals surface area contributed by atoms with Crippen molar-refractivity contribution in [1.29, 1.82) is 0 Å². The molecule has 1 saturated carbocycles. The molecule has 1 saturated heterocycles. The van der Waals surface area contributed by atoms with E-state index in [0.29, 0.717) is 6.10 Å². The van der Waals surface area contributed by atoms with Gasteiger partial charge in [0.25, 0.3) is 0 Å². The van der Waals surface area contributed by atoms with Crippen LogP contribution in [0.15, 0.2) is 0 Å². The van der Waals surface area contributed by atoms with Gasteiger partial charge in [0.1, 0.15) is 0 Å². The Hall–Kier alpha value is -0.0800. The van der Waals surface area contributed by atoms with E-state index in [1.54, 1.807) is 0 Å². The summed E-state index contributed by atoms with van der Waals surface area (Å²) in [7, 11) is 4.07. The molecule has 0 N–H and O–H groups in total. The molecule has 3 atom stereocenters. The molecule has 64 valence electrons. The van der Waals surface area contributed by atoms with Crippen LogP contribution in [0.25, 0.3) is 0 Å². The van der Waals surface area contributed by atoms with Crippen molar-refractivity contribution in [2.45, 2.75) is 31.4 Å². The number of fused-ring (bicyclic) bond motifs is 1. The van der Waals surface area contributed by atoms with Crippen LogP contribution in [-0.4, -0.2) is 37.7 Å². The Morgan fingerprint density at radius 2 is 2.09 bits per heavy atom. The molecule has 3 unspecified atom stereocenters. The van der Waals surface area contributed by atoms with Crippen LogP contribution in [-0.2, 0) is 4.74 Å². The van der Waals surface area contributed by atoms with Gasteiger partial charge < -0.3 is 9.64 Å². The molecule has 2 heteroatoms. The van der Waals surface area contributed by atoms with Gasteiger partial charge in [0.15, 0.2) is 0 Å². The van der Waals surface area contributed by atoms with Gasteiger partial charge in [0.2, 0.25) is 0 Å².